The minimum atomic E-state index is 0.108. The fourth-order valence-corrected chi connectivity index (χ4v) is 3.50. The van der Waals surface area contributed by atoms with E-state index in [0.29, 0.717) is 19.1 Å². The summed E-state index contributed by atoms with van der Waals surface area (Å²) in [7, 11) is 1.70. The van der Waals surface area contributed by atoms with E-state index in [-0.39, 0.29) is 12.6 Å². The van der Waals surface area contributed by atoms with Gasteiger partial charge in [0.2, 0.25) is 0 Å². The van der Waals surface area contributed by atoms with Crippen LogP contribution in [-0.4, -0.2) is 42.9 Å². The molecular weight excluding hydrogens is 264 g/mol. The van der Waals surface area contributed by atoms with Gasteiger partial charge >= 0.3 is 0 Å². The molecule has 1 aromatic rings. The second-order valence-electron chi connectivity index (χ2n) is 5.75. The SMILES string of the molecule is COc1ccccc1C(CN)N(CCO)C1CCCCC1. The Bertz CT molecular complexity index is 419. The summed E-state index contributed by atoms with van der Waals surface area (Å²) in [5.74, 6) is 0.881. The van der Waals surface area contributed by atoms with Gasteiger partial charge in [-0.1, -0.05) is 37.5 Å². The molecule has 3 N–H and O–H groups in total. The third-order valence-corrected chi connectivity index (χ3v) is 4.52. The molecule has 0 saturated heterocycles. The molecule has 118 valence electrons. The number of aliphatic hydroxyl groups excluding tert-OH is 1. The summed E-state index contributed by atoms with van der Waals surface area (Å²) in [5, 5.41) is 9.47. The second-order valence-corrected chi connectivity index (χ2v) is 5.75. The topological polar surface area (TPSA) is 58.7 Å². The van der Waals surface area contributed by atoms with Crippen molar-refractivity contribution in [3.8, 4) is 5.75 Å². The number of hydrogen-bond donors (Lipinski definition) is 2. The summed E-state index contributed by atoms with van der Waals surface area (Å²) < 4.78 is 5.50. The summed E-state index contributed by atoms with van der Waals surface area (Å²) in [5.41, 5.74) is 7.21. The first-order valence-corrected chi connectivity index (χ1v) is 8.01. The molecule has 0 aromatic heterocycles. The van der Waals surface area contributed by atoms with Crippen molar-refractivity contribution in [1.82, 2.24) is 4.90 Å². The van der Waals surface area contributed by atoms with E-state index >= 15 is 0 Å². The van der Waals surface area contributed by atoms with Crippen LogP contribution in [0.25, 0.3) is 0 Å². The third-order valence-electron chi connectivity index (χ3n) is 4.52. The van der Waals surface area contributed by atoms with Crippen molar-refractivity contribution in [2.75, 3.05) is 26.8 Å². The van der Waals surface area contributed by atoms with Crippen LogP contribution in [0.4, 0.5) is 0 Å². The van der Waals surface area contributed by atoms with Gasteiger partial charge in [0.15, 0.2) is 0 Å². The largest absolute Gasteiger partial charge is 0.496 e. The molecule has 0 spiro atoms. The zero-order valence-corrected chi connectivity index (χ0v) is 13.0. The number of hydrogen-bond acceptors (Lipinski definition) is 4. The predicted octanol–water partition coefficient (Wildman–Crippen LogP) is 2.32. The number of methoxy groups -OCH3 is 1. The van der Waals surface area contributed by atoms with Gasteiger partial charge in [-0.2, -0.15) is 0 Å². The smallest absolute Gasteiger partial charge is 0.123 e. The standard InChI is InChI=1S/C17H28N2O2/c1-21-17-10-6-5-9-15(17)16(13-18)19(11-12-20)14-7-3-2-4-8-14/h5-6,9-10,14,16,20H,2-4,7-8,11-13,18H2,1H3. The van der Waals surface area contributed by atoms with Gasteiger partial charge in [-0.25, -0.2) is 0 Å². The van der Waals surface area contributed by atoms with Crippen LogP contribution >= 0.6 is 0 Å². The number of nitrogens with zero attached hydrogens (tertiary/aromatic N) is 1. The minimum Gasteiger partial charge on any atom is -0.496 e. The molecule has 1 unspecified atom stereocenters. The highest BCUT2D eigenvalue weighted by Gasteiger charge is 2.29. The maximum absolute atomic E-state index is 9.47. The van der Waals surface area contributed by atoms with E-state index in [1.54, 1.807) is 7.11 Å². The summed E-state index contributed by atoms with van der Waals surface area (Å²) in [6.07, 6.45) is 6.27. The van der Waals surface area contributed by atoms with Gasteiger partial charge in [-0.05, 0) is 18.9 Å². The lowest BCUT2D eigenvalue weighted by Gasteiger charge is -2.39. The first-order valence-electron chi connectivity index (χ1n) is 8.01. The van der Waals surface area contributed by atoms with E-state index in [4.69, 9.17) is 10.5 Å². The van der Waals surface area contributed by atoms with Crippen LogP contribution in [-0.2, 0) is 0 Å². The average molecular weight is 292 g/mol. The van der Waals surface area contributed by atoms with Gasteiger partial charge in [0.25, 0.3) is 0 Å². The van der Waals surface area contributed by atoms with Gasteiger partial charge in [0, 0.05) is 24.7 Å². The van der Waals surface area contributed by atoms with Crippen molar-refractivity contribution >= 4 is 0 Å². The molecule has 2 rings (SSSR count). The molecule has 1 saturated carbocycles. The third kappa shape index (κ3) is 3.96. The lowest BCUT2D eigenvalue weighted by atomic mass is 9.91. The minimum absolute atomic E-state index is 0.108. The fraction of sp³-hybridized carbons (Fsp3) is 0.647. The molecule has 1 aliphatic rings. The van der Waals surface area contributed by atoms with Gasteiger partial charge in [0.1, 0.15) is 5.75 Å². The molecular formula is C17H28N2O2. The first kappa shape index (κ1) is 16.3. The van der Waals surface area contributed by atoms with Gasteiger partial charge in [0.05, 0.1) is 19.8 Å². The molecule has 0 aliphatic heterocycles. The lowest BCUT2D eigenvalue weighted by Crippen LogP contribution is -2.44. The monoisotopic (exact) mass is 292 g/mol. The Balaban J connectivity index is 2.25. The maximum atomic E-state index is 9.47. The predicted molar refractivity (Wildman–Crippen MR) is 85.5 cm³/mol. The lowest BCUT2D eigenvalue weighted by molar-refractivity contribution is 0.0818. The molecule has 1 fully saturated rings. The highest BCUT2D eigenvalue weighted by molar-refractivity contribution is 5.36. The van der Waals surface area contributed by atoms with Gasteiger partial charge in [-0.3, -0.25) is 4.90 Å². The van der Waals surface area contributed by atoms with Crippen LogP contribution < -0.4 is 10.5 Å². The Hall–Kier alpha value is -1.10. The fourth-order valence-electron chi connectivity index (χ4n) is 3.50. The van der Waals surface area contributed by atoms with Crippen LogP contribution in [0.2, 0.25) is 0 Å². The van der Waals surface area contributed by atoms with Crippen LogP contribution in [0, 0.1) is 0 Å². The number of benzene rings is 1. The van der Waals surface area contributed by atoms with Crippen molar-refractivity contribution in [2.24, 2.45) is 5.73 Å². The number of ether oxygens (including phenoxy) is 1. The Morgan fingerprint density at radius 3 is 2.62 bits per heavy atom. The molecule has 0 amide bonds. The first-order chi connectivity index (χ1) is 10.3. The van der Waals surface area contributed by atoms with Crippen molar-refractivity contribution in [1.29, 1.82) is 0 Å². The van der Waals surface area contributed by atoms with E-state index in [0.717, 1.165) is 11.3 Å². The zero-order chi connectivity index (χ0) is 15.1. The molecule has 1 aliphatic carbocycles. The van der Waals surface area contributed by atoms with Crippen molar-refractivity contribution in [2.45, 2.75) is 44.2 Å². The van der Waals surface area contributed by atoms with Crippen molar-refractivity contribution < 1.29 is 9.84 Å². The Kier molecular flexibility index (Phi) is 6.49. The maximum Gasteiger partial charge on any atom is 0.123 e. The number of nitrogens with two attached hydrogens (primary N) is 1. The van der Waals surface area contributed by atoms with E-state index in [2.05, 4.69) is 11.0 Å². The van der Waals surface area contributed by atoms with Crippen LogP contribution in [0.1, 0.15) is 43.7 Å². The Morgan fingerprint density at radius 1 is 1.29 bits per heavy atom. The summed E-state index contributed by atoms with van der Waals surface area (Å²) in [6, 6.07) is 8.70. The Morgan fingerprint density at radius 2 is 2.00 bits per heavy atom. The molecule has 4 nitrogen and oxygen atoms in total. The molecule has 21 heavy (non-hydrogen) atoms. The summed E-state index contributed by atoms with van der Waals surface area (Å²) in [4.78, 5) is 2.39. The van der Waals surface area contributed by atoms with Crippen molar-refractivity contribution in [3.63, 3.8) is 0 Å². The van der Waals surface area contributed by atoms with Crippen LogP contribution in [0.3, 0.4) is 0 Å². The van der Waals surface area contributed by atoms with Gasteiger partial charge in [-0.15, -0.1) is 0 Å². The quantitative estimate of drug-likeness (QED) is 0.810. The second kappa shape index (κ2) is 8.37. The number of rotatable bonds is 7. The zero-order valence-electron chi connectivity index (χ0n) is 13.0. The summed E-state index contributed by atoms with van der Waals surface area (Å²) >= 11 is 0. The molecule has 0 heterocycles. The van der Waals surface area contributed by atoms with E-state index in [1.807, 2.05) is 18.2 Å². The average Bonchev–Trinajstić information content (AvgIpc) is 2.56. The number of aliphatic hydroxyl groups is 1. The molecule has 0 radical (unpaired) electrons. The van der Waals surface area contributed by atoms with Crippen molar-refractivity contribution in [3.05, 3.63) is 29.8 Å². The van der Waals surface area contributed by atoms with E-state index in [1.165, 1.54) is 32.1 Å². The molecule has 0 bridgehead atoms. The Labute approximate surface area is 127 Å². The molecule has 1 aromatic carbocycles. The molecule has 4 heteroatoms. The van der Waals surface area contributed by atoms with Crippen LogP contribution in [0.5, 0.6) is 5.75 Å². The number of para-hydroxylation sites is 1. The van der Waals surface area contributed by atoms with E-state index in [9.17, 15) is 5.11 Å². The molecule has 1 atom stereocenters. The van der Waals surface area contributed by atoms with Gasteiger partial charge < -0.3 is 15.6 Å². The van der Waals surface area contributed by atoms with Crippen LogP contribution in [0.15, 0.2) is 24.3 Å². The normalized spacial score (nSPS) is 17.9. The highest BCUT2D eigenvalue weighted by Crippen LogP contribution is 2.33. The van der Waals surface area contributed by atoms with E-state index < -0.39 is 0 Å². The highest BCUT2D eigenvalue weighted by atomic mass is 16.5. The summed E-state index contributed by atoms with van der Waals surface area (Å²) in [6.45, 7) is 1.38.